The van der Waals surface area contributed by atoms with Gasteiger partial charge in [0, 0.05) is 16.6 Å². The molecule has 120 valence electrons. The van der Waals surface area contributed by atoms with Crippen molar-refractivity contribution in [2.75, 3.05) is 19.7 Å². The Balaban J connectivity index is 1.69. The first-order valence-corrected chi connectivity index (χ1v) is 8.40. The van der Waals surface area contributed by atoms with E-state index < -0.39 is 0 Å². The number of ether oxygens (including phenoxy) is 2. The van der Waals surface area contributed by atoms with Crippen molar-refractivity contribution < 1.29 is 14.3 Å². The summed E-state index contributed by atoms with van der Waals surface area (Å²) < 4.78 is 12.6. The maximum absolute atomic E-state index is 12.7. The zero-order valence-electron chi connectivity index (χ0n) is 12.9. The molecule has 2 aromatic carbocycles. The average molecular weight is 376 g/mol. The highest BCUT2D eigenvalue weighted by Crippen LogP contribution is 2.31. The van der Waals surface area contributed by atoms with Crippen LogP contribution in [0.2, 0.25) is 0 Å². The van der Waals surface area contributed by atoms with E-state index in [1.54, 1.807) is 4.90 Å². The van der Waals surface area contributed by atoms with Gasteiger partial charge in [-0.15, -0.1) is 0 Å². The standard InChI is InChI=1S/C18H18BrNO3/c1-2-20(18(21)13-6-5-7-14(19)10-13)11-15-12-22-16-8-3-4-9-17(16)23-15/h3-10,15H,2,11-12H2,1H3. The number of carbonyl (C=O) groups excluding carboxylic acids is 1. The predicted octanol–water partition coefficient (Wildman–Crippen LogP) is 3.75. The number of fused-ring (bicyclic) bond motifs is 1. The van der Waals surface area contributed by atoms with Crippen molar-refractivity contribution in [1.29, 1.82) is 0 Å². The molecule has 1 heterocycles. The minimum absolute atomic E-state index is 0.00346. The molecule has 0 saturated carbocycles. The van der Waals surface area contributed by atoms with Gasteiger partial charge in [0.25, 0.3) is 5.91 Å². The van der Waals surface area contributed by atoms with Gasteiger partial charge in [0.1, 0.15) is 6.61 Å². The minimum Gasteiger partial charge on any atom is -0.486 e. The van der Waals surface area contributed by atoms with E-state index in [1.807, 2.05) is 55.5 Å². The van der Waals surface area contributed by atoms with Gasteiger partial charge >= 0.3 is 0 Å². The van der Waals surface area contributed by atoms with Crippen molar-refractivity contribution in [3.63, 3.8) is 0 Å². The van der Waals surface area contributed by atoms with E-state index in [0.717, 1.165) is 16.0 Å². The lowest BCUT2D eigenvalue weighted by molar-refractivity contribution is 0.0475. The van der Waals surface area contributed by atoms with Crippen molar-refractivity contribution in [2.45, 2.75) is 13.0 Å². The highest BCUT2D eigenvalue weighted by molar-refractivity contribution is 9.10. The lowest BCUT2D eigenvalue weighted by Crippen LogP contribution is -2.43. The van der Waals surface area contributed by atoms with Crippen LogP contribution in [0.5, 0.6) is 11.5 Å². The third-order valence-electron chi connectivity index (χ3n) is 3.73. The van der Waals surface area contributed by atoms with Gasteiger partial charge in [-0.05, 0) is 37.3 Å². The summed E-state index contributed by atoms with van der Waals surface area (Å²) in [6, 6.07) is 15.0. The van der Waals surface area contributed by atoms with E-state index >= 15 is 0 Å². The van der Waals surface area contributed by atoms with Gasteiger partial charge in [-0.3, -0.25) is 4.79 Å². The summed E-state index contributed by atoms with van der Waals surface area (Å²) in [5, 5.41) is 0. The third kappa shape index (κ3) is 3.67. The molecule has 0 aliphatic carbocycles. The summed E-state index contributed by atoms with van der Waals surface area (Å²) in [5.41, 5.74) is 0.665. The van der Waals surface area contributed by atoms with E-state index in [0.29, 0.717) is 25.3 Å². The van der Waals surface area contributed by atoms with Crippen molar-refractivity contribution in [2.24, 2.45) is 0 Å². The number of para-hydroxylation sites is 2. The summed E-state index contributed by atoms with van der Waals surface area (Å²) >= 11 is 3.40. The van der Waals surface area contributed by atoms with Crippen molar-refractivity contribution in [3.05, 3.63) is 58.6 Å². The molecule has 23 heavy (non-hydrogen) atoms. The first kappa shape index (κ1) is 15.9. The Morgan fingerprint density at radius 1 is 1.22 bits per heavy atom. The molecule has 1 aliphatic heterocycles. The van der Waals surface area contributed by atoms with Crippen LogP contribution in [0.1, 0.15) is 17.3 Å². The Labute approximate surface area is 144 Å². The van der Waals surface area contributed by atoms with E-state index in [4.69, 9.17) is 9.47 Å². The quantitative estimate of drug-likeness (QED) is 0.816. The Morgan fingerprint density at radius 2 is 2.00 bits per heavy atom. The second-order valence-corrected chi connectivity index (χ2v) is 6.27. The molecule has 0 spiro atoms. The number of nitrogens with zero attached hydrogens (tertiary/aromatic N) is 1. The van der Waals surface area contributed by atoms with Crippen molar-refractivity contribution >= 4 is 21.8 Å². The molecule has 1 unspecified atom stereocenters. The number of amides is 1. The van der Waals surface area contributed by atoms with Gasteiger partial charge in [-0.2, -0.15) is 0 Å². The maximum atomic E-state index is 12.7. The van der Waals surface area contributed by atoms with Crippen LogP contribution >= 0.6 is 15.9 Å². The summed E-state index contributed by atoms with van der Waals surface area (Å²) in [6.07, 6.45) is -0.166. The van der Waals surface area contributed by atoms with Crippen molar-refractivity contribution in [1.82, 2.24) is 4.90 Å². The first-order chi connectivity index (χ1) is 11.2. The molecular formula is C18H18BrNO3. The normalized spacial score (nSPS) is 16.0. The number of halogens is 1. The molecule has 1 aliphatic rings. The molecule has 3 rings (SSSR count). The molecule has 0 radical (unpaired) electrons. The molecule has 0 fully saturated rings. The van der Waals surface area contributed by atoms with Gasteiger partial charge in [0.2, 0.25) is 0 Å². The first-order valence-electron chi connectivity index (χ1n) is 7.60. The van der Waals surface area contributed by atoms with Gasteiger partial charge < -0.3 is 14.4 Å². The molecule has 5 heteroatoms. The molecule has 1 atom stereocenters. The average Bonchev–Trinajstić information content (AvgIpc) is 2.59. The summed E-state index contributed by atoms with van der Waals surface area (Å²) in [5.74, 6) is 1.48. The fraction of sp³-hybridized carbons (Fsp3) is 0.278. The molecule has 0 N–H and O–H groups in total. The third-order valence-corrected chi connectivity index (χ3v) is 4.23. The molecule has 0 saturated heterocycles. The summed E-state index contributed by atoms with van der Waals surface area (Å²) in [6.45, 7) is 3.52. The van der Waals surface area contributed by atoms with Crippen LogP contribution in [0.3, 0.4) is 0 Å². The Hall–Kier alpha value is -2.01. The van der Waals surface area contributed by atoms with E-state index in [9.17, 15) is 4.79 Å². The highest BCUT2D eigenvalue weighted by Gasteiger charge is 2.25. The second-order valence-electron chi connectivity index (χ2n) is 5.35. The fourth-order valence-corrected chi connectivity index (χ4v) is 2.96. The second kappa shape index (κ2) is 7.04. The van der Waals surface area contributed by atoms with Crippen LogP contribution in [-0.4, -0.2) is 36.6 Å². The Morgan fingerprint density at radius 3 is 2.74 bits per heavy atom. The maximum Gasteiger partial charge on any atom is 0.254 e. The van der Waals surface area contributed by atoms with Crippen molar-refractivity contribution in [3.8, 4) is 11.5 Å². The van der Waals surface area contributed by atoms with Crippen LogP contribution in [0.4, 0.5) is 0 Å². The Kier molecular flexibility index (Phi) is 4.86. The van der Waals surface area contributed by atoms with Crippen LogP contribution < -0.4 is 9.47 Å². The van der Waals surface area contributed by atoms with Crippen LogP contribution in [0.25, 0.3) is 0 Å². The number of benzene rings is 2. The van der Waals surface area contributed by atoms with Crippen LogP contribution in [0, 0.1) is 0 Å². The van der Waals surface area contributed by atoms with E-state index in [1.165, 1.54) is 0 Å². The summed E-state index contributed by atoms with van der Waals surface area (Å²) in [7, 11) is 0. The number of hydrogen-bond donors (Lipinski definition) is 0. The predicted molar refractivity (Wildman–Crippen MR) is 92.1 cm³/mol. The zero-order chi connectivity index (χ0) is 16.2. The molecule has 4 nitrogen and oxygen atoms in total. The molecule has 1 amide bonds. The van der Waals surface area contributed by atoms with E-state index in [-0.39, 0.29) is 12.0 Å². The molecular weight excluding hydrogens is 358 g/mol. The SMILES string of the molecule is CCN(CC1COc2ccccc2O1)C(=O)c1cccc(Br)c1. The number of carbonyl (C=O) groups is 1. The minimum atomic E-state index is -0.166. The Bertz CT molecular complexity index is 704. The monoisotopic (exact) mass is 375 g/mol. The fourth-order valence-electron chi connectivity index (χ4n) is 2.56. The molecule has 0 aromatic heterocycles. The van der Waals surface area contributed by atoms with Gasteiger partial charge in [0.15, 0.2) is 17.6 Å². The van der Waals surface area contributed by atoms with Gasteiger partial charge in [-0.1, -0.05) is 34.1 Å². The lowest BCUT2D eigenvalue weighted by Gasteiger charge is -2.31. The number of rotatable bonds is 4. The van der Waals surface area contributed by atoms with Gasteiger partial charge in [0.05, 0.1) is 6.54 Å². The topological polar surface area (TPSA) is 38.8 Å². The number of likely N-dealkylation sites (N-methyl/N-ethyl adjacent to an activating group) is 1. The summed E-state index contributed by atoms with van der Waals surface area (Å²) in [4.78, 5) is 14.4. The van der Waals surface area contributed by atoms with Crippen LogP contribution in [0.15, 0.2) is 53.0 Å². The van der Waals surface area contributed by atoms with Gasteiger partial charge in [-0.25, -0.2) is 0 Å². The van der Waals surface area contributed by atoms with Crippen LogP contribution in [-0.2, 0) is 0 Å². The highest BCUT2D eigenvalue weighted by atomic mass is 79.9. The zero-order valence-corrected chi connectivity index (χ0v) is 14.5. The lowest BCUT2D eigenvalue weighted by atomic mass is 10.2. The number of hydrogen-bond acceptors (Lipinski definition) is 3. The van der Waals surface area contributed by atoms with E-state index in [2.05, 4.69) is 15.9 Å². The largest absolute Gasteiger partial charge is 0.486 e. The smallest absolute Gasteiger partial charge is 0.254 e. The molecule has 2 aromatic rings. The molecule has 0 bridgehead atoms.